The molecule has 1 rings (SSSR count). The van der Waals surface area contributed by atoms with Gasteiger partial charge in [0, 0.05) is 0 Å². The van der Waals surface area contributed by atoms with Crippen LogP contribution in [0.1, 0.15) is 16.7 Å². The minimum Gasteiger partial charge on any atom is -0.491 e. The Morgan fingerprint density at radius 1 is 1.35 bits per heavy atom. The zero-order valence-electron chi connectivity index (χ0n) is 10.7. The molecule has 0 spiro atoms. The van der Waals surface area contributed by atoms with Crippen molar-refractivity contribution in [3.05, 3.63) is 28.8 Å². The predicted octanol–water partition coefficient (Wildman–Crippen LogP) is 1.66. The van der Waals surface area contributed by atoms with Crippen molar-refractivity contribution in [3.63, 3.8) is 0 Å². The average Bonchev–Trinajstić information content (AvgIpc) is 2.28. The van der Waals surface area contributed by atoms with Crippen LogP contribution in [0, 0.1) is 20.8 Å². The van der Waals surface area contributed by atoms with Crippen LogP contribution in [0.4, 0.5) is 0 Å². The molecule has 2 N–H and O–H groups in total. The summed E-state index contributed by atoms with van der Waals surface area (Å²) in [6.07, 6.45) is 0. The number of carbonyl (C=O) groups is 1. The summed E-state index contributed by atoms with van der Waals surface area (Å²) < 4.78 is 5.62. The second-order valence-electron chi connectivity index (χ2n) is 4.14. The van der Waals surface area contributed by atoms with Gasteiger partial charge in [-0.2, -0.15) is 0 Å². The summed E-state index contributed by atoms with van der Waals surface area (Å²) >= 11 is 0. The Hall–Kier alpha value is -1.55. The molecule has 0 bridgehead atoms. The Bertz CT molecular complexity index is 415. The first-order valence-electron chi connectivity index (χ1n) is 5.57. The lowest BCUT2D eigenvalue weighted by Gasteiger charge is -2.17. The number of benzene rings is 1. The minimum absolute atomic E-state index is 0.122. The van der Waals surface area contributed by atoms with Crippen molar-refractivity contribution in [3.8, 4) is 5.75 Å². The fraction of sp³-hybridized carbons (Fsp3) is 0.462. The van der Waals surface area contributed by atoms with E-state index < -0.39 is 12.0 Å². The molecule has 4 nitrogen and oxygen atoms in total. The third kappa shape index (κ3) is 3.20. The minimum atomic E-state index is -0.907. The van der Waals surface area contributed by atoms with Crippen LogP contribution in [-0.2, 0) is 4.79 Å². The molecule has 0 aliphatic carbocycles. The number of carboxylic acid groups (broad SMARTS) is 1. The van der Waals surface area contributed by atoms with Crippen LogP contribution in [0.15, 0.2) is 12.1 Å². The molecule has 0 saturated heterocycles. The van der Waals surface area contributed by atoms with Gasteiger partial charge in [-0.1, -0.05) is 12.1 Å². The quantitative estimate of drug-likeness (QED) is 0.817. The van der Waals surface area contributed by atoms with Crippen molar-refractivity contribution in [2.24, 2.45) is 0 Å². The molecule has 0 heterocycles. The van der Waals surface area contributed by atoms with E-state index in [1.54, 1.807) is 7.05 Å². The first-order chi connectivity index (χ1) is 7.97. The number of hydrogen-bond acceptors (Lipinski definition) is 3. The third-order valence-electron chi connectivity index (χ3n) is 2.91. The maximum absolute atomic E-state index is 10.8. The zero-order valence-corrected chi connectivity index (χ0v) is 10.7. The van der Waals surface area contributed by atoms with Gasteiger partial charge < -0.3 is 15.2 Å². The van der Waals surface area contributed by atoms with Crippen molar-refractivity contribution < 1.29 is 14.6 Å². The van der Waals surface area contributed by atoms with Crippen LogP contribution < -0.4 is 10.1 Å². The molecule has 0 aliphatic rings. The summed E-state index contributed by atoms with van der Waals surface area (Å²) in [6, 6.07) is 3.33. The maximum atomic E-state index is 10.8. The number of aryl methyl sites for hydroxylation is 2. The van der Waals surface area contributed by atoms with Crippen LogP contribution in [0.3, 0.4) is 0 Å². The van der Waals surface area contributed by atoms with Crippen molar-refractivity contribution in [2.75, 3.05) is 13.7 Å². The fourth-order valence-corrected chi connectivity index (χ4v) is 1.59. The molecular weight excluding hydrogens is 218 g/mol. The second kappa shape index (κ2) is 5.68. The Morgan fingerprint density at radius 3 is 2.47 bits per heavy atom. The number of likely N-dealkylation sites (N-methyl/N-ethyl adjacent to an activating group) is 1. The summed E-state index contributed by atoms with van der Waals surface area (Å²) in [5, 5.41) is 11.6. The van der Waals surface area contributed by atoms with E-state index >= 15 is 0 Å². The van der Waals surface area contributed by atoms with E-state index in [1.165, 1.54) is 0 Å². The van der Waals surface area contributed by atoms with Gasteiger partial charge in [0.25, 0.3) is 0 Å². The molecule has 4 heteroatoms. The van der Waals surface area contributed by atoms with Gasteiger partial charge in [-0.15, -0.1) is 0 Å². The topological polar surface area (TPSA) is 58.6 Å². The Kier molecular flexibility index (Phi) is 4.52. The summed E-state index contributed by atoms with van der Waals surface area (Å²) in [6.45, 7) is 6.06. The lowest BCUT2D eigenvalue weighted by Crippen LogP contribution is -2.39. The number of ether oxygens (including phenoxy) is 1. The van der Waals surface area contributed by atoms with E-state index in [4.69, 9.17) is 9.84 Å². The van der Waals surface area contributed by atoms with E-state index in [9.17, 15) is 4.79 Å². The molecule has 0 amide bonds. The molecule has 17 heavy (non-hydrogen) atoms. The Labute approximate surface area is 102 Å². The number of nitrogens with one attached hydrogen (secondary N) is 1. The fourth-order valence-electron chi connectivity index (χ4n) is 1.59. The van der Waals surface area contributed by atoms with Crippen LogP contribution in [0.2, 0.25) is 0 Å². The molecule has 0 aromatic heterocycles. The normalized spacial score (nSPS) is 12.2. The Balaban J connectivity index is 2.82. The van der Waals surface area contributed by atoms with Gasteiger partial charge in [-0.05, 0) is 44.5 Å². The van der Waals surface area contributed by atoms with Crippen molar-refractivity contribution in [2.45, 2.75) is 26.8 Å². The summed E-state index contributed by atoms with van der Waals surface area (Å²) in [4.78, 5) is 10.8. The largest absolute Gasteiger partial charge is 0.491 e. The highest BCUT2D eigenvalue weighted by atomic mass is 16.5. The molecule has 94 valence electrons. The maximum Gasteiger partial charge on any atom is 0.324 e. The highest BCUT2D eigenvalue weighted by Gasteiger charge is 2.16. The van der Waals surface area contributed by atoms with Gasteiger partial charge in [0.15, 0.2) is 0 Å². The van der Waals surface area contributed by atoms with Crippen LogP contribution in [-0.4, -0.2) is 30.8 Å². The standard InChI is InChI=1S/C13H19NO3/c1-8-5-6-9(2)12(10(8)3)17-7-11(14-4)13(15)16/h5-6,11,14H,7H2,1-4H3,(H,15,16). The van der Waals surface area contributed by atoms with Gasteiger partial charge >= 0.3 is 5.97 Å². The zero-order chi connectivity index (χ0) is 13.0. The summed E-state index contributed by atoms with van der Waals surface area (Å²) in [5.74, 6) is -0.123. The molecular formula is C13H19NO3. The SMILES string of the molecule is CNC(COc1c(C)ccc(C)c1C)C(=O)O. The molecule has 0 radical (unpaired) electrons. The van der Waals surface area contributed by atoms with Crippen molar-refractivity contribution >= 4 is 5.97 Å². The predicted molar refractivity (Wildman–Crippen MR) is 66.6 cm³/mol. The molecule has 1 atom stereocenters. The number of rotatable bonds is 5. The highest BCUT2D eigenvalue weighted by Crippen LogP contribution is 2.25. The van der Waals surface area contributed by atoms with E-state index in [0.29, 0.717) is 0 Å². The van der Waals surface area contributed by atoms with Crippen molar-refractivity contribution in [1.29, 1.82) is 0 Å². The second-order valence-corrected chi connectivity index (χ2v) is 4.14. The molecule has 1 aromatic carbocycles. The summed E-state index contributed by atoms with van der Waals surface area (Å²) in [7, 11) is 1.61. The van der Waals surface area contributed by atoms with Gasteiger partial charge in [-0.25, -0.2) is 0 Å². The van der Waals surface area contributed by atoms with Gasteiger partial charge in [0.2, 0.25) is 0 Å². The molecule has 0 fully saturated rings. The van der Waals surface area contributed by atoms with E-state index in [0.717, 1.165) is 22.4 Å². The number of hydrogen-bond donors (Lipinski definition) is 2. The van der Waals surface area contributed by atoms with Gasteiger partial charge in [0.1, 0.15) is 18.4 Å². The highest BCUT2D eigenvalue weighted by molar-refractivity contribution is 5.73. The molecule has 0 aliphatic heterocycles. The van der Waals surface area contributed by atoms with Crippen molar-refractivity contribution in [1.82, 2.24) is 5.32 Å². The van der Waals surface area contributed by atoms with E-state index in [2.05, 4.69) is 5.32 Å². The number of carboxylic acids is 1. The Morgan fingerprint density at radius 2 is 1.94 bits per heavy atom. The monoisotopic (exact) mass is 237 g/mol. The van der Waals surface area contributed by atoms with Crippen LogP contribution >= 0.6 is 0 Å². The first-order valence-corrected chi connectivity index (χ1v) is 5.57. The van der Waals surface area contributed by atoms with E-state index in [1.807, 2.05) is 32.9 Å². The molecule has 0 saturated carbocycles. The van der Waals surface area contributed by atoms with Crippen LogP contribution in [0.25, 0.3) is 0 Å². The van der Waals surface area contributed by atoms with E-state index in [-0.39, 0.29) is 6.61 Å². The number of aliphatic carboxylic acids is 1. The first kappa shape index (κ1) is 13.5. The smallest absolute Gasteiger partial charge is 0.324 e. The molecule has 1 aromatic rings. The lowest BCUT2D eigenvalue weighted by molar-refractivity contribution is -0.140. The molecule has 1 unspecified atom stereocenters. The lowest BCUT2D eigenvalue weighted by atomic mass is 10.1. The van der Waals surface area contributed by atoms with Crippen LogP contribution in [0.5, 0.6) is 5.75 Å². The third-order valence-corrected chi connectivity index (χ3v) is 2.91. The average molecular weight is 237 g/mol. The van der Waals surface area contributed by atoms with Gasteiger partial charge in [-0.3, -0.25) is 4.79 Å². The van der Waals surface area contributed by atoms with Gasteiger partial charge in [0.05, 0.1) is 0 Å². The summed E-state index contributed by atoms with van der Waals surface area (Å²) in [5.41, 5.74) is 3.22.